The highest BCUT2D eigenvalue weighted by atomic mass is 16.4. The Morgan fingerprint density at radius 2 is 0.890 bits per heavy atom. The maximum absolute atomic E-state index is 14.7. The van der Waals surface area contributed by atoms with Crippen molar-refractivity contribution in [2.24, 2.45) is 63.1 Å². The Morgan fingerprint density at radius 1 is 0.505 bits per heavy atom. The number of rotatable bonds is 43. The van der Waals surface area contributed by atoms with Crippen LogP contribution in [0.3, 0.4) is 0 Å². The van der Waals surface area contributed by atoms with E-state index in [0.717, 1.165) is 0 Å². The number of hydrogen-bond donors (Lipinski definition) is 16. The van der Waals surface area contributed by atoms with E-state index in [1.165, 1.54) is 16.7 Å². The van der Waals surface area contributed by atoms with Crippen molar-refractivity contribution in [3.05, 3.63) is 0 Å². The van der Waals surface area contributed by atoms with E-state index in [2.05, 4.69) is 47.5 Å². The summed E-state index contributed by atoms with van der Waals surface area (Å²) in [5, 5.41) is 42.8. The van der Waals surface area contributed by atoms with Gasteiger partial charge in [0.15, 0.2) is 5.96 Å². The maximum Gasteiger partial charge on any atom is 0.326 e. The Bertz CT molecular complexity index is 2390. The number of aliphatic imine (C=N–C) groups is 1. The van der Waals surface area contributed by atoms with Crippen LogP contribution in [0.2, 0.25) is 0 Å². The predicted molar refractivity (Wildman–Crippen MR) is 344 cm³/mol. The van der Waals surface area contributed by atoms with Gasteiger partial charge in [-0.15, -0.1) is 0 Å². The van der Waals surface area contributed by atoms with E-state index >= 15 is 0 Å². The van der Waals surface area contributed by atoms with Crippen LogP contribution in [-0.4, -0.2) is 203 Å². The average molecular weight is 1290 g/mol. The Hall–Kier alpha value is -6.76. The van der Waals surface area contributed by atoms with Crippen LogP contribution in [0, 0.1) is 23.7 Å². The quantitative estimate of drug-likeness (QED) is 0.0176. The van der Waals surface area contributed by atoms with Gasteiger partial charge in [-0.05, 0) is 159 Å². The van der Waals surface area contributed by atoms with E-state index in [9.17, 15) is 63.0 Å². The molecule has 0 aromatic carbocycles. The maximum atomic E-state index is 14.7. The number of guanidine groups is 1. The minimum Gasteiger partial charge on any atom is -0.480 e. The summed E-state index contributed by atoms with van der Waals surface area (Å²) < 4.78 is 0. The number of carbonyl (C=O) groups is 11. The molecule has 2 aliphatic rings. The SMILES string of the molecule is CCC(C)C(NC(=O)C(CCCCN)NC(=O)C(CCCCN)NC(=O)C(CC(C)C)NC(=O)C1CCCN1C(=O)C1CCCN1C(=O)C(NC(=O)C(CC(C)C)NC(=O)C(CCCCN)NC(=O)C(CCCN=C(N)N)NC(=O)C(N)C(C)C)C(C)O)C(=O)O. The average Bonchev–Trinajstić information content (AvgIpc) is 1.79. The Balaban J connectivity index is 2.40. The highest BCUT2D eigenvalue weighted by molar-refractivity contribution is 5.99. The van der Waals surface area contributed by atoms with Crippen molar-refractivity contribution < 1.29 is 63.0 Å². The Labute approximate surface area is 537 Å². The minimum absolute atomic E-state index is 0.0546. The summed E-state index contributed by atoms with van der Waals surface area (Å²) in [5.41, 5.74) is 34.4. The second kappa shape index (κ2) is 41.7. The summed E-state index contributed by atoms with van der Waals surface area (Å²) in [6.07, 6.45) is 3.70. The molecule has 0 aliphatic carbocycles. The number of nitrogens with two attached hydrogens (primary N) is 6. The third kappa shape index (κ3) is 27.5. The van der Waals surface area contributed by atoms with Crippen LogP contribution in [0.4, 0.5) is 0 Å². The molecule has 22 N–H and O–H groups in total. The van der Waals surface area contributed by atoms with Crippen LogP contribution in [0.25, 0.3) is 0 Å². The largest absolute Gasteiger partial charge is 0.480 e. The van der Waals surface area contributed by atoms with Crippen molar-refractivity contribution in [1.29, 1.82) is 0 Å². The highest BCUT2D eigenvalue weighted by Crippen LogP contribution is 2.27. The number of aliphatic hydroxyl groups excluding tert-OH is 1. The van der Waals surface area contributed by atoms with Gasteiger partial charge in [0.1, 0.15) is 60.4 Å². The van der Waals surface area contributed by atoms with Crippen molar-refractivity contribution in [3.8, 4) is 0 Å². The lowest BCUT2D eigenvalue weighted by molar-refractivity contribution is -0.149. The Kier molecular flexibility index (Phi) is 36.8. The van der Waals surface area contributed by atoms with E-state index in [4.69, 9.17) is 34.4 Å². The molecule has 0 radical (unpaired) electrons. The van der Waals surface area contributed by atoms with Gasteiger partial charge in [0.05, 0.1) is 12.1 Å². The topological polar surface area (TPSA) is 499 Å². The summed E-state index contributed by atoms with van der Waals surface area (Å²) in [7, 11) is 0. The van der Waals surface area contributed by atoms with Crippen LogP contribution in [0.5, 0.6) is 0 Å². The van der Waals surface area contributed by atoms with E-state index in [0.29, 0.717) is 70.9 Å². The molecule has 0 saturated carbocycles. The summed E-state index contributed by atoms with van der Waals surface area (Å²) in [6, 6.07) is -13.2. The molecule has 520 valence electrons. The zero-order valence-electron chi connectivity index (χ0n) is 55.4. The predicted octanol–water partition coefficient (Wildman–Crippen LogP) is -2.13. The molecule has 2 fully saturated rings. The number of aliphatic carboxylic acids is 1. The molecule has 2 aliphatic heterocycles. The molecule has 0 aromatic heterocycles. The van der Waals surface area contributed by atoms with Crippen molar-refractivity contribution >= 4 is 71.0 Å². The number of carboxylic acids is 1. The number of aliphatic hydroxyl groups is 1. The van der Waals surface area contributed by atoms with E-state index in [1.807, 2.05) is 13.8 Å². The number of nitrogens with zero attached hydrogens (tertiary/aromatic N) is 3. The second-order valence-electron chi connectivity index (χ2n) is 25.5. The molecular weight excluding hydrogens is 1180 g/mol. The van der Waals surface area contributed by atoms with Crippen molar-refractivity contribution in [3.63, 3.8) is 0 Å². The molecule has 13 unspecified atom stereocenters. The Morgan fingerprint density at radius 3 is 1.31 bits per heavy atom. The van der Waals surface area contributed by atoms with Gasteiger partial charge in [-0.1, -0.05) is 61.8 Å². The van der Waals surface area contributed by atoms with Crippen molar-refractivity contribution in [2.45, 2.75) is 250 Å². The van der Waals surface area contributed by atoms with Crippen LogP contribution < -0.4 is 76.9 Å². The van der Waals surface area contributed by atoms with E-state index < -0.39 is 144 Å². The lowest BCUT2D eigenvalue weighted by Gasteiger charge is -2.34. The van der Waals surface area contributed by atoms with Crippen LogP contribution >= 0.6 is 0 Å². The molecular formula is C61H113N17O13. The molecule has 91 heavy (non-hydrogen) atoms. The van der Waals surface area contributed by atoms with E-state index in [1.54, 1.807) is 41.5 Å². The van der Waals surface area contributed by atoms with Crippen LogP contribution in [0.1, 0.15) is 178 Å². The van der Waals surface area contributed by atoms with Gasteiger partial charge in [-0.25, -0.2) is 4.79 Å². The molecule has 2 heterocycles. The normalized spacial score (nSPS) is 18.5. The zero-order valence-corrected chi connectivity index (χ0v) is 55.4. The smallest absolute Gasteiger partial charge is 0.326 e. The summed E-state index contributed by atoms with van der Waals surface area (Å²) in [5.74, 6) is -9.42. The number of carboxylic acid groups (broad SMARTS) is 1. The van der Waals surface area contributed by atoms with Gasteiger partial charge >= 0.3 is 5.97 Å². The molecule has 30 nitrogen and oxygen atoms in total. The lowest BCUT2D eigenvalue weighted by atomic mass is 9.98. The fourth-order valence-corrected chi connectivity index (χ4v) is 10.9. The van der Waals surface area contributed by atoms with Gasteiger partial charge in [0.25, 0.3) is 0 Å². The molecule has 0 aromatic rings. The third-order valence-electron chi connectivity index (χ3n) is 16.5. The fraction of sp³-hybridized carbons (Fsp3) is 0.803. The molecule has 0 spiro atoms. The molecule has 2 rings (SSSR count). The highest BCUT2D eigenvalue weighted by Gasteiger charge is 2.46. The second-order valence-corrected chi connectivity index (χ2v) is 25.5. The minimum atomic E-state index is -1.61. The number of nitrogens with one attached hydrogen (secondary N) is 8. The molecule has 10 amide bonds. The van der Waals surface area contributed by atoms with Gasteiger partial charge in [0, 0.05) is 19.6 Å². The third-order valence-corrected chi connectivity index (χ3v) is 16.5. The van der Waals surface area contributed by atoms with Gasteiger partial charge in [0.2, 0.25) is 59.1 Å². The van der Waals surface area contributed by atoms with Gasteiger partial charge in [-0.3, -0.25) is 52.9 Å². The standard InChI is InChI=1S/C61H113N17O13/c1-10-37(8)48(60(90)91)75-53(83)41(22-13-16-28-64)70-50(80)39(20-11-14-26-62)71-54(84)43(32-34(2)3)74-56(86)45-24-18-30-77(45)58(88)46-25-19-31-78(46)59(89)49(38(9)79)76-55(85)44(33-35(4)5)73-52(82)40(21-12-15-27-63)69-51(81)42(23-17-29-68-61(66)67)72-57(87)47(65)36(6)7/h34-49,79H,10-33,62-65H2,1-9H3,(H,69,81)(H,70,80)(H,71,84)(H,72,87)(H,73,82)(H,74,86)(H,75,83)(H,76,85)(H,90,91)(H4,66,67,68). The monoisotopic (exact) mass is 1290 g/mol. The zero-order chi connectivity index (χ0) is 68.7. The van der Waals surface area contributed by atoms with Crippen LogP contribution in [-0.2, 0) is 52.7 Å². The van der Waals surface area contributed by atoms with Gasteiger partial charge in [-0.2, -0.15) is 0 Å². The first kappa shape index (κ1) is 80.3. The van der Waals surface area contributed by atoms with Crippen LogP contribution in [0.15, 0.2) is 4.99 Å². The first-order valence-corrected chi connectivity index (χ1v) is 32.8. The summed E-state index contributed by atoms with van der Waals surface area (Å²) in [6.45, 7) is 16.8. The molecule has 2 saturated heterocycles. The lowest BCUT2D eigenvalue weighted by Crippen LogP contribution is -2.62. The van der Waals surface area contributed by atoms with Gasteiger partial charge < -0.3 is 96.9 Å². The number of unbranched alkanes of at least 4 members (excludes halogenated alkanes) is 3. The van der Waals surface area contributed by atoms with E-state index in [-0.39, 0.29) is 108 Å². The fourth-order valence-electron chi connectivity index (χ4n) is 10.9. The first-order valence-electron chi connectivity index (χ1n) is 32.8. The number of amides is 10. The van der Waals surface area contributed by atoms with Crippen molar-refractivity contribution in [1.82, 2.24) is 52.3 Å². The molecule has 30 heteroatoms. The molecule has 13 atom stereocenters. The molecule has 0 bridgehead atoms. The number of likely N-dealkylation sites (tertiary alicyclic amines) is 2. The summed E-state index contributed by atoms with van der Waals surface area (Å²) in [4.78, 5) is 160. The number of hydrogen-bond acceptors (Lipinski definition) is 17. The first-order chi connectivity index (χ1) is 42.9. The number of carbonyl (C=O) groups excluding carboxylic acids is 10. The summed E-state index contributed by atoms with van der Waals surface area (Å²) >= 11 is 0. The van der Waals surface area contributed by atoms with Crippen molar-refractivity contribution in [2.75, 3.05) is 39.3 Å².